The Labute approximate surface area is 102 Å². The number of aryl methyl sites for hydroxylation is 1. The molecule has 0 fully saturated rings. The minimum Gasteiger partial charge on any atom is -0.478 e. The Morgan fingerprint density at radius 2 is 2.29 bits per heavy atom. The van der Waals surface area contributed by atoms with E-state index < -0.39 is 0 Å². The Balaban J connectivity index is 2.06. The molecule has 0 aromatic carbocycles. The monoisotopic (exact) mass is 233 g/mol. The van der Waals surface area contributed by atoms with Crippen molar-refractivity contribution in [3.63, 3.8) is 0 Å². The van der Waals surface area contributed by atoms with Crippen LogP contribution in [0.3, 0.4) is 0 Å². The third-order valence-electron chi connectivity index (χ3n) is 2.73. The van der Waals surface area contributed by atoms with E-state index in [1.54, 1.807) is 0 Å². The van der Waals surface area contributed by atoms with Crippen molar-refractivity contribution in [2.75, 3.05) is 11.9 Å². The van der Waals surface area contributed by atoms with Gasteiger partial charge in [0.15, 0.2) is 0 Å². The zero-order chi connectivity index (χ0) is 12.1. The van der Waals surface area contributed by atoms with Crippen molar-refractivity contribution in [3.05, 3.63) is 23.9 Å². The maximum atomic E-state index is 5.41. The van der Waals surface area contributed by atoms with Gasteiger partial charge in [0.05, 0.1) is 6.61 Å². The molecule has 4 heteroatoms. The van der Waals surface area contributed by atoms with Crippen molar-refractivity contribution >= 4 is 5.95 Å². The minimum absolute atomic E-state index is 0.441. The van der Waals surface area contributed by atoms with E-state index in [9.17, 15) is 0 Å². The van der Waals surface area contributed by atoms with Crippen molar-refractivity contribution in [1.29, 1.82) is 0 Å². The maximum absolute atomic E-state index is 5.41. The Morgan fingerprint density at radius 1 is 1.41 bits per heavy atom. The summed E-state index contributed by atoms with van der Waals surface area (Å²) in [5.41, 5.74) is 0.928. The molecule has 1 heterocycles. The number of aromatic nitrogens is 2. The second-order valence-electron chi connectivity index (χ2n) is 4.23. The lowest BCUT2D eigenvalue weighted by Crippen LogP contribution is -2.22. The SMILES string of the molecule is CCOc1cc(C)nc(NC2CC=CCC2)n1. The van der Waals surface area contributed by atoms with E-state index in [1.807, 2.05) is 19.9 Å². The summed E-state index contributed by atoms with van der Waals surface area (Å²) >= 11 is 0. The molecule has 0 spiro atoms. The van der Waals surface area contributed by atoms with Crippen LogP contribution in [0.2, 0.25) is 0 Å². The quantitative estimate of drug-likeness (QED) is 0.812. The van der Waals surface area contributed by atoms with Crippen LogP contribution >= 0.6 is 0 Å². The van der Waals surface area contributed by atoms with Gasteiger partial charge in [-0.05, 0) is 33.1 Å². The summed E-state index contributed by atoms with van der Waals surface area (Å²) in [7, 11) is 0. The number of allylic oxidation sites excluding steroid dienone is 1. The van der Waals surface area contributed by atoms with Crippen LogP contribution in [0, 0.1) is 6.92 Å². The van der Waals surface area contributed by atoms with Gasteiger partial charge in [-0.2, -0.15) is 4.98 Å². The zero-order valence-electron chi connectivity index (χ0n) is 10.4. The molecule has 17 heavy (non-hydrogen) atoms. The molecule has 0 saturated heterocycles. The third kappa shape index (κ3) is 3.44. The molecule has 1 unspecified atom stereocenters. The van der Waals surface area contributed by atoms with Crippen LogP contribution in [-0.2, 0) is 0 Å². The maximum Gasteiger partial charge on any atom is 0.226 e. The van der Waals surface area contributed by atoms with Crippen LogP contribution < -0.4 is 10.1 Å². The van der Waals surface area contributed by atoms with Gasteiger partial charge in [-0.25, -0.2) is 4.98 Å². The van der Waals surface area contributed by atoms with Crippen LogP contribution in [0.5, 0.6) is 5.88 Å². The summed E-state index contributed by atoms with van der Waals surface area (Å²) in [5, 5.41) is 3.37. The molecule has 1 N–H and O–H groups in total. The highest BCUT2D eigenvalue weighted by Gasteiger charge is 2.11. The van der Waals surface area contributed by atoms with Crippen molar-refractivity contribution in [2.45, 2.75) is 39.2 Å². The predicted molar refractivity (Wildman–Crippen MR) is 68.3 cm³/mol. The van der Waals surface area contributed by atoms with E-state index >= 15 is 0 Å². The second kappa shape index (κ2) is 5.66. The molecule has 92 valence electrons. The lowest BCUT2D eigenvalue weighted by Gasteiger charge is -2.19. The summed E-state index contributed by atoms with van der Waals surface area (Å²) in [6.07, 6.45) is 7.74. The number of hydrogen-bond acceptors (Lipinski definition) is 4. The van der Waals surface area contributed by atoms with Gasteiger partial charge in [0.1, 0.15) is 0 Å². The lowest BCUT2D eigenvalue weighted by molar-refractivity contribution is 0.326. The van der Waals surface area contributed by atoms with Crippen molar-refractivity contribution in [2.24, 2.45) is 0 Å². The Hall–Kier alpha value is -1.58. The van der Waals surface area contributed by atoms with Gasteiger partial charge in [0, 0.05) is 17.8 Å². The van der Waals surface area contributed by atoms with E-state index in [2.05, 4.69) is 27.4 Å². The first kappa shape index (κ1) is 11.9. The first-order chi connectivity index (χ1) is 8.28. The first-order valence-corrected chi connectivity index (χ1v) is 6.18. The highest BCUT2D eigenvalue weighted by molar-refractivity contribution is 5.32. The number of nitrogens with zero attached hydrogens (tertiary/aromatic N) is 2. The van der Waals surface area contributed by atoms with Crippen LogP contribution in [0.1, 0.15) is 31.9 Å². The van der Waals surface area contributed by atoms with Crippen molar-refractivity contribution in [3.8, 4) is 5.88 Å². The predicted octanol–water partition coefficient (Wildman–Crippen LogP) is 2.70. The van der Waals surface area contributed by atoms with Gasteiger partial charge >= 0.3 is 0 Å². The molecular formula is C13H19N3O. The zero-order valence-corrected chi connectivity index (χ0v) is 10.4. The number of ether oxygens (including phenoxy) is 1. The molecular weight excluding hydrogens is 214 g/mol. The number of nitrogens with one attached hydrogen (secondary N) is 1. The summed E-state index contributed by atoms with van der Waals surface area (Å²) in [6, 6.07) is 2.30. The van der Waals surface area contributed by atoms with Crippen LogP contribution in [-0.4, -0.2) is 22.6 Å². The number of rotatable bonds is 4. The molecule has 1 aromatic rings. The molecule has 4 nitrogen and oxygen atoms in total. The molecule has 1 aromatic heterocycles. The van der Waals surface area contributed by atoms with E-state index in [0.29, 0.717) is 24.5 Å². The fraction of sp³-hybridized carbons (Fsp3) is 0.538. The molecule has 1 aliphatic rings. The molecule has 0 amide bonds. The van der Waals surface area contributed by atoms with E-state index in [4.69, 9.17) is 4.74 Å². The minimum atomic E-state index is 0.441. The Morgan fingerprint density at radius 3 is 3.00 bits per heavy atom. The Bertz CT molecular complexity index is 404. The topological polar surface area (TPSA) is 47.0 Å². The summed E-state index contributed by atoms with van der Waals surface area (Å²) < 4.78 is 5.41. The third-order valence-corrected chi connectivity index (χ3v) is 2.73. The van der Waals surface area contributed by atoms with Crippen molar-refractivity contribution < 1.29 is 4.74 Å². The molecule has 1 atom stereocenters. The van der Waals surface area contributed by atoms with E-state index in [-0.39, 0.29) is 0 Å². The summed E-state index contributed by atoms with van der Waals surface area (Å²) in [5.74, 6) is 1.32. The summed E-state index contributed by atoms with van der Waals surface area (Å²) in [4.78, 5) is 8.73. The normalized spacial score (nSPS) is 19.1. The van der Waals surface area contributed by atoms with Gasteiger partial charge < -0.3 is 10.1 Å². The van der Waals surface area contributed by atoms with Gasteiger partial charge in [0.25, 0.3) is 0 Å². The van der Waals surface area contributed by atoms with Crippen molar-refractivity contribution in [1.82, 2.24) is 9.97 Å². The molecule has 0 bridgehead atoms. The number of hydrogen-bond donors (Lipinski definition) is 1. The van der Waals surface area contributed by atoms with Crippen LogP contribution in [0.4, 0.5) is 5.95 Å². The molecule has 2 rings (SSSR count). The fourth-order valence-electron chi connectivity index (χ4n) is 1.93. The van der Waals surface area contributed by atoms with Crippen LogP contribution in [0.25, 0.3) is 0 Å². The van der Waals surface area contributed by atoms with E-state index in [1.165, 1.54) is 0 Å². The van der Waals surface area contributed by atoms with E-state index in [0.717, 1.165) is 25.0 Å². The molecule has 1 aliphatic carbocycles. The summed E-state index contributed by atoms with van der Waals surface area (Å²) in [6.45, 7) is 4.54. The van der Waals surface area contributed by atoms with Gasteiger partial charge in [0.2, 0.25) is 11.8 Å². The van der Waals surface area contributed by atoms with Gasteiger partial charge in [-0.1, -0.05) is 12.2 Å². The average molecular weight is 233 g/mol. The highest BCUT2D eigenvalue weighted by atomic mass is 16.5. The van der Waals surface area contributed by atoms with Gasteiger partial charge in [-0.15, -0.1) is 0 Å². The fourth-order valence-corrected chi connectivity index (χ4v) is 1.93. The molecule has 0 radical (unpaired) electrons. The molecule has 0 saturated carbocycles. The second-order valence-corrected chi connectivity index (χ2v) is 4.23. The standard InChI is InChI=1S/C13H19N3O/c1-3-17-12-9-10(2)14-13(16-12)15-11-7-5-4-6-8-11/h4-5,9,11H,3,6-8H2,1-2H3,(H,14,15,16). The first-order valence-electron chi connectivity index (χ1n) is 6.18. The molecule has 0 aliphatic heterocycles. The van der Waals surface area contributed by atoms with Gasteiger partial charge in [-0.3, -0.25) is 0 Å². The lowest BCUT2D eigenvalue weighted by atomic mass is 10.0. The smallest absolute Gasteiger partial charge is 0.226 e. The highest BCUT2D eigenvalue weighted by Crippen LogP contribution is 2.17. The largest absolute Gasteiger partial charge is 0.478 e. The number of anilines is 1. The average Bonchev–Trinajstić information content (AvgIpc) is 2.30. The van der Waals surface area contributed by atoms with Crippen LogP contribution in [0.15, 0.2) is 18.2 Å². The Kier molecular flexibility index (Phi) is 3.96.